The van der Waals surface area contributed by atoms with Crippen LogP contribution in [0.15, 0.2) is 60.7 Å². The molecule has 1 atom stereocenters. The Hall–Kier alpha value is -3.95. The van der Waals surface area contributed by atoms with E-state index in [0.29, 0.717) is 35.8 Å². The Morgan fingerprint density at radius 3 is 2.14 bits per heavy atom. The van der Waals surface area contributed by atoms with Gasteiger partial charge in [0.1, 0.15) is 18.1 Å². The van der Waals surface area contributed by atoms with Crippen LogP contribution in [0.5, 0.6) is 23.0 Å². The second-order valence-corrected chi connectivity index (χ2v) is 7.99. The average molecular weight is 481 g/mol. The number of amides is 1. The lowest BCUT2D eigenvalue weighted by Crippen LogP contribution is -2.42. The van der Waals surface area contributed by atoms with Crippen LogP contribution in [0.4, 0.5) is 5.69 Å². The summed E-state index contributed by atoms with van der Waals surface area (Å²) < 4.78 is 22.3. The molecule has 0 bridgehead atoms. The Bertz CT molecular complexity index is 1160. The van der Waals surface area contributed by atoms with E-state index < -0.39 is 0 Å². The third-order valence-electron chi connectivity index (χ3n) is 6.08. The molecule has 4 rings (SSSR count). The molecule has 1 heterocycles. The summed E-state index contributed by atoms with van der Waals surface area (Å²) in [5.41, 5.74) is 2.56. The number of fused-ring (bicyclic) bond motifs is 1. The van der Waals surface area contributed by atoms with Gasteiger partial charge in [0.2, 0.25) is 0 Å². The van der Waals surface area contributed by atoms with Crippen molar-refractivity contribution < 1.29 is 34.2 Å². The highest BCUT2D eigenvalue weighted by Gasteiger charge is 2.33. The van der Waals surface area contributed by atoms with Crippen LogP contribution in [0, 0.1) is 0 Å². The molecule has 1 aliphatic rings. The number of anilines is 1. The molecule has 0 saturated carbocycles. The smallest absolute Gasteiger partial charge is 0.254 e. The molecular formula is C26H28N2O7. The van der Waals surface area contributed by atoms with Crippen LogP contribution in [0.2, 0.25) is 0 Å². The molecule has 184 valence electrons. The van der Waals surface area contributed by atoms with E-state index in [9.17, 15) is 15.2 Å². The van der Waals surface area contributed by atoms with Crippen LogP contribution >= 0.6 is 0 Å². The lowest BCUT2D eigenvalue weighted by atomic mass is 9.91. The SMILES string of the molecule is COc1ccc(OCC2c3cc(OC)c(OC)cc3CCN2C(=O)c2ccc(N(O)O)cc2)cc1. The fourth-order valence-electron chi connectivity index (χ4n) is 4.20. The molecule has 0 spiro atoms. The summed E-state index contributed by atoms with van der Waals surface area (Å²) in [7, 11) is 4.77. The highest BCUT2D eigenvalue weighted by molar-refractivity contribution is 5.95. The third kappa shape index (κ3) is 5.11. The number of carbonyl (C=O) groups is 1. The van der Waals surface area contributed by atoms with Gasteiger partial charge in [-0.05, 0) is 78.2 Å². The second kappa shape index (κ2) is 10.5. The zero-order valence-electron chi connectivity index (χ0n) is 19.8. The molecule has 35 heavy (non-hydrogen) atoms. The van der Waals surface area contributed by atoms with E-state index in [1.807, 2.05) is 36.4 Å². The van der Waals surface area contributed by atoms with Crippen molar-refractivity contribution >= 4 is 11.6 Å². The number of hydrogen-bond donors (Lipinski definition) is 2. The van der Waals surface area contributed by atoms with Crippen molar-refractivity contribution in [2.24, 2.45) is 0 Å². The molecule has 9 nitrogen and oxygen atoms in total. The summed E-state index contributed by atoms with van der Waals surface area (Å²) in [5.74, 6) is 2.39. The maximum absolute atomic E-state index is 13.5. The molecule has 1 aliphatic heterocycles. The van der Waals surface area contributed by atoms with E-state index >= 15 is 0 Å². The predicted molar refractivity (Wildman–Crippen MR) is 128 cm³/mol. The van der Waals surface area contributed by atoms with E-state index in [1.165, 1.54) is 12.1 Å². The van der Waals surface area contributed by atoms with Gasteiger partial charge in [0.15, 0.2) is 11.5 Å². The first kappa shape index (κ1) is 24.2. The molecule has 3 aromatic carbocycles. The minimum absolute atomic E-state index is 0.0105. The highest BCUT2D eigenvalue weighted by atomic mass is 16.8. The molecule has 2 N–H and O–H groups in total. The zero-order valence-corrected chi connectivity index (χ0v) is 19.8. The first-order valence-corrected chi connectivity index (χ1v) is 11.1. The maximum atomic E-state index is 13.5. The quantitative estimate of drug-likeness (QED) is 0.465. The van der Waals surface area contributed by atoms with Crippen molar-refractivity contribution in [3.8, 4) is 23.0 Å². The van der Waals surface area contributed by atoms with Crippen LogP contribution in [0.3, 0.4) is 0 Å². The lowest BCUT2D eigenvalue weighted by molar-refractivity contribution is 0.0291. The molecule has 0 saturated heterocycles. The number of rotatable bonds is 8. The maximum Gasteiger partial charge on any atom is 0.254 e. The standard InChI is InChI=1S/C26H28N2O7/c1-32-20-8-10-21(11-9-20)35-16-23-22-15-25(34-3)24(33-2)14-18(22)12-13-27(23)26(29)17-4-6-19(7-5-17)28(30)31/h4-11,14-15,23,30-31H,12-13,16H2,1-3H3. The van der Waals surface area contributed by atoms with Crippen LogP contribution in [-0.2, 0) is 6.42 Å². The average Bonchev–Trinajstić information content (AvgIpc) is 2.90. The second-order valence-electron chi connectivity index (χ2n) is 7.99. The number of hydrogen-bond acceptors (Lipinski definition) is 8. The number of carbonyl (C=O) groups excluding carboxylic acids is 1. The molecule has 9 heteroatoms. The van der Waals surface area contributed by atoms with Crippen LogP contribution in [0.25, 0.3) is 0 Å². The third-order valence-corrected chi connectivity index (χ3v) is 6.08. The van der Waals surface area contributed by atoms with Gasteiger partial charge >= 0.3 is 0 Å². The normalized spacial score (nSPS) is 14.7. The summed E-state index contributed by atoms with van der Waals surface area (Å²) >= 11 is 0. The van der Waals surface area contributed by atoms with Gasteiger partial charge in [-0.15, -0.1) is 5.23 Å². The van der Waals surface area contributed by atoms with E-state index in [-0.39, 0.29) is 29.5 Å². The first-order chi connectivity index (χ1) is 16.9. The lowest BCUT2D eigenvalue weighted by Gasteiger charge is -2.37. The number of ether oxygens (including phenoxy) is 4. The van der Waals surface area contributed by atoms with Gasteiger partial charge in [-0.3, -0.25) is 15.2 Å². The van der Waals surface area contributed by atoms with Crippen molar-refractivity contribution in [2.75, 3.05) is 39.7 Å². The van der Waals surface area contributed by atoms with Gasteiger partial charge in [-0.25, -0.2) is 0 Å². The monoisotopic (exact) mass is 480 g/mol. The van der Waals surface area contributed by atoms with Gasteiger partial charge in [0, 0.05) is 12.1 Å². The van der Waals surface area contributed by atoms with Gasteiger partial charge in [-0.2, -0.15) is 0 Å². The molecule has 1 amide bonds. The molecule has 0 aromatic heterocycles. The fourth-order valence-corrected chi connectivity index (χ4v) is 4.20. The number of benzene rings is 3. The van der Waals surface area contributed by atoms with Gasteiger partial charge < -0.3 is 23.8 Å². The van der Waals surface area contributed by atoms with E-state index in [1.54, 1.807) is 38.4 Å². The molecule has 0 radical (unpaired) electrons. The molecule has 0 fully saturated rings. The summed E-state index contributed by atoms with van der Waals surface area (Å²) in [4.78, 5) is 15.3. The first-order valence-electron chi connectivity index (χ1n) is 11.1. The minimum Gasteiger partial charge on any atom is -0.497 e. The topological polar surface area (TPSA) is 101 Å². The fraction of sp³-hybridized carbons (Fsp3) is 0.269. The Kier molecular flexibility index (Phi) is 7.28. The Labute approximate surface area is 203 Å². The van der Waals surface area contributed by atoms with Crippen molar-refractivity contribution in [3.05, 3.63) is 77.4 Å². The van der Waals surface area contributed by atoms with Crippen molar-refractivity contribution in [2.45, 2.75) is 12.5 Å². The Balaban J connectivity index is 1.67. The largest absolute Gasteiger partial charge is 0.497 e. The van der Waals surface area contributed by atoms with Crippen LogP contribution < -0.4 is 24.2 Å². The summed E-state index contributed by atoms with van der Waals surface area (Å²) in [5, 5.41) is 18.4. The van der Waals surface area contributed by atoms with Crippen molar-refractivity contribution in [3.63, 3.8) is 0 Å². The molecule has 0 aliphatic carbocycles. The van der Waals surface area contributed by atoms with E-state index in [4.69, 9.17) is 18.9 Å². The number of nitrogens with zero attached hydrogens (tertiary/aromatic N) is 2. The summed E-state index contributed by atoms with van der Waals surface area (Å²) in [6.45, 7) is 0.700. The summed E-state index contributed by atoms with van der Waals surface area (Å²) in [6.07, 6.45) is 0.638. The van der Waals surface area contributed by atoms with Crippen molar-refractivity contribution in [1.29, 1.82) is 0 Å². The molecular weight excluding hydrogens is 452 g/mol. The highest BCUT2D eigenvalue weighted by Crippen LogP contribution is 2.39. The molecule has 3 aromatic rings. The van der Waals surface area contributed by atoms with Gasteiger partial charge in [0.05, 0.1) is 33.1 Å². The molecule has 1 unspecified atom stereocenters. The van der Waals surface area contributed by atoms with Gasteiger partial charge in [-0.1, -0.05) is 0 Å². The zero-order chi connectivity index (χ0) is 24.9. The van der Waals surface area contributed by atoms with E-state index in [2.05, 4.69) is 0 Å². The summed E-state index contributed by atoms with van der Waals surface area (Å²) in [6, 6.07) is 16.8. The van der Waals surface area contributed by atoms with Crippen LogP contribution in [-0.4, -0.2) is 55.7 Å². The van der Waals surface area contributed by atoms with Gasteiger partial charge in [0.25, 0.3) is 5.91 Å². The predicted octanol–water partition coefficient (Wildman–Crippen LogP) is 4.12. The van der Waals surface area contributed by atoms with Crippen molar-refractivity contribution in [1.82, 2.24) is 4.90 Å². The number of methoxy groups -OCH3 is 3. The van der Waals surface area contributed by atoms with E-state index in [0.717, 1.165) is 16.9 Å². The minimum atomic E-state index is -0.389. The Morgan fingerprint density at radius 2 is 1.54 bits per heavy atom. The van der Waals surface area contributed by atoms with Crippen LogP contribution in [0.1, 0.15) is 27.5 Å². The Morgan fingerprint density at radius 1 is 0.914 bits per heavy atom.